The third-order valence-electron chi connectivity index (χ3n) is 4.35. The number of likely N-dealkylation sites (N-methyl/N-ethyl adjacent to an activating group) is 1. The van der Waals surface area contributed by atoms with Gasteiger partial charge in [-0.15, -0.1) is 0 Å². The molecule has 2 unspecified atom stereocenters. The van der Waals surface area contributed by atoms with Gasteiger partial charge in [0.05, 0.1) is 6.04 Å². The van der Waals surface area contributed by atoms with Crippen molar-refractivity contribution in [1.82, 2.24) is 10.6 Å². The molecule has 20 heavy (non-hydrogen) atoms. The summed E-state index contributed by atoms with van der Waals surface area (Å²) < 4.78 is 0. The molecule has 0 spiro atoms. The molecule has 3 heteroatoms. The number of carbonyl (C=O) groups is 1. The zero-order chi connectivity index (χ0) is 14.8. The smallest absolute Gasteiger partial charge is 0.236 e. The van der Waals surface area contributed by atoms with E-state index >= 15 is 0 Å². The summed E-state index contributed by atoms with van der Waals surface area (Å²) in [5.74, 6) is 0.0753. The first-order chi connectivity index (χ1) is 9.45. The third-order valence-corrected chi connectivity index (χ3v) is 4.35. The lowest BCUT2D eigenvalue weighted by Gasteiger charge is -2.41. The van der Waals surface area contributed by atoms with Crippen LogP contribution in [0, 0.1) is 5.41 Å². The molecule has 0 radical (unpaired) electrons. The molecule has 2 rings (SSSR count). The number of hydrogen-bond acceptors (Lipinski definition) is 2. The molecule has 1 aliphatic carbocycles. The lowest BCUT2D eigenvalue weighted by Crippen LogP contribution is -2.48. The third kappa shape index (κ3) is 3.04. The lowest BCUT2D eigenvalue weighted by atomic mass is 9.70. The summed E-state index contributed by atoms with van der Waals surface area (Å²) in [4.78, 5) is 12.0. The van der Waals surface area contributed by atoms with Crippen LogP contribution in [0.5, 0.6) is 0 Å². The molecule has 2 N–H and O–H groups in total. The zero-order valence-corrected chi connectivity index (χ0v) is 13.0. The molecule has 0 heterocycles. The van der Waals surface area contributed by atoms with Crippen LogP contribution >= 0.6 is 0 Å². The lowest BCUT2D eigenvalue weighted by molar-refractivity contribution is -0.123. The van der Waals surface area contributed by atoms with E-state index in [1.807, 2.05) is 13.8 Å². The predicted octanol–water partition coefficient (Wildman–Crippen LogP) is 2.81. The van der Waals surface area contributed by atoms with Crippen LogP contribution in [0.2, 0.25) is 0 Å². The van der Waals surface area contributed by atoms with Crippen molar-refractivity contribution in [1.29, 1.82) is 0 Å². The van der Waals surface area contributed by atoms with Gasteiger partial charge in [-0.3, -0.25) is 10.1 Å². The second-order valence-corrected chi connectivity index (χ2v) is 6.40. The van der Waals surface area contributed by atoms with E-state index in [0.29, 0.717) is 6.54 Å². The molecule has 1 aromatic rings. The maximum Gasteiger partial charge on any atom is 0.236 e. The van der Waals surface area contributed by atoms with Crippen LogP contribution in [-0.2, 0) is 11.2 Å². The highest BCUT2D eigenvalue weighted by molar-refractivity contribution is 5.81. The number of benzene rings is 1. The normalized spacial score (nSPS) is 21.9. The Morgan fingerprint density at radius 1 is 1.40 bits per heavy atom. The minimum Gasteiger partial charge on any atom is -0.355 e. The van der Waals surface area contributed by atoms with Crippen molar-refractivity contribution in [3.05, 3.63) is 35.4 Å². The van der Waals surface area contributed by atoms with E-state index < -0.39 is 0 Å². The monoisotopic (exact) mass is 274 g/mol. The Labute approximate surface area is 122 Å². The number of nitrogens with one attached hydrogen (secondary N) is 2. The van der Waals surface area contributed by atoms with Crippen LogP contribution in [0.4, 0.5) is 0 Å². The molecule has 0 aromatic heterocycles. The van der Waals surface area contributed by atoms with Crippen molar-refractivity contribution < 1.29 is 4.79 Å². The Morgan fingerprint density at radius 3 is 2.80 bits per heavy atom. The molecular formula is C17H26N2O. The van der Waals surface area contributed by atoms with E-state index in [9.17, 15) is 4.79 Å². The van der Waals surface area contributed by atoms with Gasteiger partial charge in [0.15, 0.2) is 0 Å². The van der Waals surface area contributed by atoms with E-state index in [1.54, 1.807) is 0 Å². The van der Waals surface area contributed by atoms with Crippen molar-refractivity contribution in [3.63, 3.8) is 0 Å². The summed E-state index contributed by atoms with van der Waals surface area (Å²) in [5, 5.41) is 6.42. The van der Waals surface area contributed by atoms with E-state index in [0.717, 1.165) is 12.8 Å². The van der Waals surface area contributed by atoms with Crippen molar-refractivity contribution in [2.75, 3.05) is 6.54 Å². The molecule has 110 valence electrons. The largest absolute Gasteiger partial charge is 0.355 e. The fourth-order valence-electron chi connectivity index (χ4n) is 3.03. The summed E-state index contributed by atoms with van der Waals surface area (Å²) >= 11 is 0. The van der Waals surface area contributed by atoms with Gasteiger partial charge in [0.25, 0.3) is 0 Å². The van der Waals surface area contributed by atoms with Crippen molar-refractivity contribution in [3.8, 4) is 0 Å². The molecule has 0 saturated heterocycles. The summed E-state index contributed by atoms with van der Waals surface area (Å²) in [7, 11) is 0. The van der Waals surface area contributed by atoms with E-state index in [4.69, 9.17) is 0 Å². The molecule has 1 aliphatic rings. The average Bonchev–Trinajstić information content (AvgIpc) is 2.42. The fraction of sp³-hybridized carbons (Fsp3) is 0.588. The van der Waals surface area contributed by atoms with Gasteiger partial charge in [-0.05, 0) is 43.2 Å². The maximum atomic E-state index is 12.0. The first-order valence-electron chi connectivity index (χ1n) is 7.57. The standard InChI is InChI=1S/C17H26N2O/c1-5-18-16(20)12(2)19-15-14-9-7-6-8-13(14)10-11-17(15,3)4/h6-9,12,15,19H,5,10-11H2,1-4H3,(H,18,20). The molecule has 0 saturated carbocycles. The number of fused-ring (bicyclic) bond motifs is 1. The van der Waals surface area contributed by atoms with Crippen molar-refractivity contribution >= 4 is 5.91 Å². The van der Waals surface area contributed by atoms with Crippen molar-refractivity contribution in [2.24, 2.45) is 5.41 Å². The van der Waals surface area contributed by atoms with Gasteiger partial charge in [0, 0.05) is 12.6 Å². The Kier molecular flexibility index (Phi) is 4.48. The van der Waals surface area contributed by atoms with Crippen LogP contribution < -0.4 is 10.6 Å². The van der Waals surface area contributed by atoms with Gasteiger partial charge in [-0.1, -0.05) is 38.1 Å². The first-order valence-corrected chi connectivity index (χ1v) is 7.57. The second kappa shape index (κ2) is 5.96. The highest BCUT2D eigenvalue weighted by Crippen LogP contribution is 2.43. The zero-order valence-electron chi connectivity index (χ0n) is 13.0. The second-order valence-electron chi connectivity index (χ2n) is 6.40. The number of rotatable bonds is 4. The van der Waals surface area contributed by atoms with Gasteiger partial charge >= 0.3 is 0 Å². The SMILES string of the molecule is CCNC(=O)C(C)NC1c2ccccc2CCC1(C)C. The number of carbonyl (C=O) groups excluding carboxylic acids is 1. The van der Waals surface area contributed by atoms with Gasteiger partial charge in [-0.2, -0.15) is 0 Å². The summed E-state index contributed by atoms with van der Waals surface area (Å²) in [6, 6.07) is 8.64. The van der Waals surface area contributed by atoms with Crippen LogP contribution in [0.25, 0.3) is 0 Å². The van der Waals surface area contributed by atoms with Crippen LogP contribution in [-0.4, -0.2) is 18.5 Å². The van der Waals surface area contributed by atoms with Gasteiger partial charge in [-0.25, -0.2) is 0 Å². The minimum atomic E-state index is -0.176. The highest BCUT2D eigenvalue weighted by atomic mass is 16.2. The Balaban J connectivity index is 2.22. The Hall–Kier alpha value is -1.35. The number of amides is 1. The molecule has 3 nitrogen and oxygen atoms in total. The molecular weight excluding hydrogens is 248 g/mol. The van der Waals surface area contributed by atoms with Crippen LogP contribution in [0.15, 0.2) is 24.3 Å². The predicted molar refractivity (Wildman–Crippen MR) is 82.6 cm³/mol. The van der Waals surface area contributed by atoms with Gasteiger partial charge in [0.1, 0.15) is 0 Å². The molecule has 0 bridgehead atoms. The van der Waals surface area contributed by atoms with E-state index in [-0.39, 0.29) is 23.4 Å². The highest BCUT2D eigenvalue weighted by Gasteiger charge is 2.36. The maximum absolute atomic E-state index is 12.0. The molecule has 1 aromatic carbocycles. The number of aryl methyl sites for hydroxylation is 1. The quantitative estimate of drug-likeness (QED) is 0.886. The average molecular weight is 274 g/mol. The topological polar surface area (TPSA) is 41.1 Å². The van der Waals surface area contributed by atoms with Crippen LogP contribution in [0.1, 0.15) is 51.3 Å². The van der Waals surface area contributed by atoms with Crippen LogP contribution in [0.3, 0.4) is 0 Å². The number of hydrogen-bond donors (Lipinski definition) is 2. The Morgan fingerprint density at radius 2 is 2.10 bits per heavy atom. The van der Waals surface area contributed by atoms with Gasteiger partial charge in [0.2, 0.25) is 5.91 Å². The van der Waals surface area contributed by atoms with E-state index in [1.165, 1.54) is 11.1 Å². The summed E-state index contributed by atoms with van der Waals surface area (Å²) in [6.45, 7) is 9.13. The molecule has 0 aliphatic heterocycles. The minimum absolute atomic E-state index is 0.0753. The van der Waals surface area contributed by atoms with Gasteiger partial charge < -0.3 is 5.32 Å². The van der Waals surface area contributed by atoms with Crippen molar-refractivity contribution in [2.45, 2.75) is 52.6 Å². The Bertz CT molecular complexity index is 482. The fourth-order valence-corrected chi connectivity index (χ4v) is 3.03. The first kappa shape index (κ1) is 15.0. The molecule has 0 fully saturated rings. The summed E-state index contributed by atoms with van der Waals surface area (Å²) in [6.07, 6.45) is 2.26. The summed E-state index contributed by atoms with van der Waals surface area (Å²) in [5.41, 5.74) is 2.92. The molecule has 2 atom stereocenters. The molecule has 1 amide bonds. The van der Waals surface area contributed by atoms with E-state index in [2.05, 4.69) is 48.7 Å².